The van der Waals surface area contributed by atoms with E-state index in [1.54, 1.807) is 36.3 Å². The number of thiazole rings is 1. The highest BCUT2D eigenvalue weighted by molar-refractivity contribution is 7.89. The SMILES string of the molecule is COc1ccc(Cl)c2sc(N(CCN(C)C)C(=O)c3ccc(S(=O)(=O)N4CCOCC4)cc3)nc12.Cl. The quantitative estimate of drug-likeness (QED) is 0.405. The number of carbonyl (C=O) groups is 1. The molecule has 0 unspecified atom stereocenters. The van der Waals surface area contributed by atoms with Gasteiger partial charge < -0.3 is 14.4 Å². The Labute approximate surface area is 226 Å². The third kappa shape index (κ3) is 5.94. The number of fused-ring (bicyclic) bond motifs is 1. The Kier molecular flexibility index (Phi) is 9.56. The minimum atomic E-state index is -3.65. The van der Waals surface area contributed by atoms with Gasteiger partial charge in [-0.25, -0.2) is 13.4 Å². The van der Waals surface area contributed by atoms with Crippen molar-refractivity contribution in [2.24, 2.45) is 0 Å². The molecule has 1 aliphatic heterocycles. The molecule has 1 aliphatic rings. The molecule has 0 radical (unpaired) electrons. The average Bonchev–Trinajstić information content (AvgIpc) is 3.31. The molecule has 2 aromatic carbocycles. The van der Waals surface area contributed by atoms with E-state index in [2.05, 4.69) is 4.98 Å². The summed E-state index contributed by atoms with van der Waals surface area (Å²) >= 11 is 7.70. The fraction of sp³-hybridized carbons (Fsp3) is 0.391. The highest BCUT2D eigenvalue weighted by Crippen LogP contribution is 2.39. The van der Waals surface area contributed by atoms with Crippen LogP contribution in [0.15, 0.2) is 41.3 Å². The first-order valence-corrected chi connectivity index (χ1v) is 13.6. The van der Waals surface area contributed by atoms with Crippen molar-refractivity contribution in [3.05, 3.63) is 47.0 Å². The smallest absolute Gasteiger partial charge is 0.260 e. The molecule has 1 amide bonds. The van der Waals surface area contributed by atoms with E-state index in [9.17, 15) is 13.2 Å². The molecular formula is C23H28Cl2N4O5S2. The summed E-state index contributed by atoms with van der Waals surface area (Å²) in [4.78, 5) is 21.9. The fourth-order valence-corrected chi connectivity index (χ4v) is 6.36. The first-order valence-electron chi connectivity index (χ1n) is 11.0. The van der Waals surface area contributed by atoms with Crippen LogP contribution >= 0.6 is 35.3 Å². The van der Waals surface area contributed by atoms with Gasteiger partial charge in [-0.1, -0.05) is 22.9 Å². The average molecular weight is 576 g/mol. The Balaban J connectivity index is 0.00000361. The molecule has 9 nitrogen and oxygen atoms in total. The maximum absolute atomic E-state index is 13.6. The van der Waals surface area contributed by atoms with Crippen molar-refractivity contribution in [2.75, 3.05) is 65.5 Å². The minimum Gasteiger partial charge on any atom is -0.494 e. The number of amides is 1. The van der Waals surface area contributed by atoms with Gasteiger partial charge in [-0.05, 0) is 50.5 Å². The Morgan fingerprint density at radius 3 is 2.42 bits per heavy atom. The van der Waals surface area contributed by atoms with Crippen molar-refractivity contribution in [1.82, 2.24) is 14.2 Å². The molecule has 1 saturated heterocycles. The van der Waals surface area contributed by atoms with Crippen LogP contribution < -0.4 is 9.64 Å². The molecule has 13 heteroatoms. The van der Waals surface area contributed by atoms with Crippen LogP contribution in [-0.4, -0.2) is 89.1 Å². The fourth-order valence-electron chi connectivity index (χ4n) is 3.67. The number of aromatic nitrogens is 1. The van der Waals surface area contributed by atoms with Gasteiger partial charge in [0, 0.05) is 31.7 Å². The molecule has 0 saturated carbocycles. The van der Waals surface area contributed by atoms with Gasteiger partial charge in [0.25, 0.3) is 5.91 Å². The Morgan fingerprint density at radius 2 is 1.81 bits per heavy atom. The molecule has 0 bridgehead atoms. The molecule has 1 fully saturated rings. The summed E-state index contributed by atoms with van der Waals surface area (Å²) < 4.78 is 38.7. The normalized spacial score (nSPS) is 14.6. The van der Waals surface area contributed by atoms with Gasteiger partial charge >= 0.3 is 0 Å². The van der Waals surface area contributed by atoms with E-state index in [1.807, 2.05) is 19.0 Å². The van der Waals surface area contributed by atoms with E-state index >= 15 is 0 Å². The number of methoxy groups -OCH3 is 1. The molecule has 3 aromatic rings. The van der Waals surface area contributed by atoms with Crippen LogP contribution in [0.3, 0.4) is 0 Å². The zero-order valence-electron chi connectivity index (χ0n) is 20.1. The number of likely N-dealkylation sites (N-methyl/N-ethyl adjacent to an activating group) is 1. The zero-order chi connectivity index (χ0) is 25.2. The number of morpholine rings is 1. The molecule has 0 N–H and O–H groups in total. The Bertz CT molecular complexity index is 1310. The number of benzene rings is 2. The van der Waals surface area contributed by atoms with Crippen molar-refractivity contribution in [2.45, 2.75) is 4.90 Å². The van der Waals surface area contributed by atoms with Gasteiger partial charge in [-0.2, -0.15) is 4.31 Å². The van der Waals surface area contributed by atoms with Crippen LogP contribution in [0, 0.1) is 0 Å². The number of rotatable bonds is 8. The largest absolute Gasteiger partial charge is 0.494 e. The van der Waals surface area contributed by atoms with Crippen molar-refractivity contribution in [3.8, 4) is 5.75 Å². The van der Waals surface area contributed by atoms with Crippen LogP contribution in [0.1, 0.15) is 10.4 Å². The number of hydrogen-bond acceptors (Lipinski definition) is 8. The van der Waals surface area contributed by atoms with Gasteiger partial charge in [0.05, 0.1) is 34.9 Å². The summed E-state index contributed by atoms with van der Waals surface area (Å²) in [7, 11) is 1.76. The standard InChI is InChI=1S/C23H27ClN4O5S2.ClH/c1-26(2)10-11-28(23-25-20-19(32-3)9-8-18(24)21(20)34-23)22(29)16-4-6-17(7-5-16)35(30,31)27-12-14-33-15-13-27;/h4-9H,10-15H2,1-3H3;1H. The second-order valence-electron chi connectivity index (χ2n) is 8.22. The second-order valence-corrected chi connectivity index (χ2v) is 11.5. The Morgan fingerprint density at radius 1 is 1.14 bits per heavy atom. The van der Waals surface area contributed by atoms with Gasteiger partial charge in [0.15, 0.2) is 5.13 Å². The molecule has 2 heterocycles. The number of sulfonamides is 1. The van der Waals surface area contributed by atoms with Gasteiger partial charge in [0.1, 0.15) is 11.3 Å². The Hall–Kier alpha value is -1.99. The minimum absolute atomic E-state index is 0. The number of ether oxygens (including phenoxy) is 2. The zero-order valence-corrected chi connectivity index (χ0v) is 23.3. The topological polar surface area (TPSA) is 92.3 Å². The van der Waals surface area contributed by atoms with Crippen molar-refractivity contribution < 1.29 is 22.7 Å². The first-order chi connectivity index (χ1) is 16.7. The lowest BCUT2D eigenvalue weighted by Crippen LogP contribution is -2.40. The summed E-state index contributed by atoms with van der Waals surface area (Å²) in [6.07, 6.45) is 0. The molecule has 1 aromatic heterocycles. The second kappa shape index (κ2) is 12.0. The van der Waals surface area contributed by atoms with Crippen LogP contribution in [0.25, 0.3) is 10.2 Å². The summed E-state index contributed by atoms with van der Waals surface area (Å²) in [5.41, 5.74) is 0.955. The molecule has 0 spiro atoms. The van der Waals surface area contributed by atoms with Gasteiger partial charge in [0.2, 0.25) is 10.0 Å². The van der Waals surface area contributed by atoms with Crippen molar-refractivity contribution in [1.29, 1.82) is 0 Å². The summed E-state index contributed by atoms with van der Waals surface area (Å²) in [5.74, 6) is 0.292. The van der Waals surface area contributed by atoms with Crippen LogP contribution in [0.5, 0.6) is 5.75 Å². The van der Waals surface area contributed by atoms with Crippen LogP contribution in [0.4, 0.5) is 5.13 Å². The first kappa shape index (κ1) is 28.6. The number of carbonyl (C=O) groups excluding carboxylic acids is 1. The summed E-state index contributed by atoms with van der Waals surface area (Å²) in [6, 6.07) is 9.51. The van der Waals surface area contributed by atoms with Gasteiger partial charge in [-0.15, -0.1) is 12.4 Å². The third-order valence-electron chi connectivity index (χ3n) is 5.62. The highest BCUT2D eigenvalue weighted by Gasteiger charge is 2.28. The third-order valence-corrected chi connectivity index (χ3v) is 9.07. The molecule has 0 aliphatic carbocycles. The van der Waals surface area contributed by atoms with Crippen LogP contribution in [0.2, 0.25) is 5.02 Å². The summed E-state index contributed by atoms with van der Waals surface area (Å²) in [6.45, 7) is 2.35. The number of nitrogens with zero attached hydrogens (tertiary/aromatic N) is 4. The van der Waals surface area contributed by atoms with E-state index in [0.717, 1.165) is 4.70 Å². The lowest BCUT2D eigenvalue weighted by Gasteiger charge is -2.26. The monoisotopic (exact) mass is 574 g/mol. The maximum atomic E-state index is 13.6. The van der Waals surface area contributed by atoms with E-state index in [1.165, 1.54) is 27.8 Å². The predicted octanol–water partition coefficient (Wildman–Crippen LogP) is 3.61. The number of hydrogen-bond donors (Lipinski definition) is 0. The van der Waals surface area contributed by atoms with Crippen LogP contribution in [-0.2, 0) is 14.8 Å². The highest BCUT2D eigenvalue weighted by atomic mass is 35.5. The lowest BCUT2D eigenvalue weighted by molar-refractivity contribution is 0.0730. The predicted molar refractivity (Wildman–Crippen MR) is 145 cm³/mol. The lowest BCUT2D eigenvalue weighted by atomic mass is 10.2. The number of anilines is 1. The molecular weight excluding hydrogens is 547 g/mol. The van der Waals surface area contributed by atoms with E-state index in [0.29, 0.717) is 66.4 Å². The molecule has 4 rings (SSSR count). The van der Waals surface area contributed by atoms with E-state index < -0.39 is 10.0 Å². The summed E-state index contributed by atoms with van der Waals surface area (Å²) in [5, 5.41) is 1.02. The molecule has 196 valence electrons. The van der Waals surface area contributed by atoms with E-state index in [4.69, 9.17) is 21.1 Å². The van der Waals surface area contributed by atoms with Crippen molar-refractivity contribution >= 4 is 66.6 Å². The maximum Gasteiger partial charge on any atom is 0.260 e. The van der Waals surface area contributed by atoms with Crippen molar-refractivity contribution in [3.63, 3.8) is 0 Å². The molecule has 36 heavy (non-hydrogen) atoms. The number of halogens is 2. The van der Waals surface area contributed by atoms with Gasteiger partial charge in [-0.3, -0.25) is 9.69 Å². The molecule has 0 atom stereocenters. The van der Waals surface area contributed by atoms with E-state index in [-0.39, 0.29) is 23.2 Å².